The van der Waals surface area contributed by atoms with E-state index in [1.165, 1.54) is 30.0 Å². The molecule has 2 amide bonds. The molecule has 0 aliphatic carbocycles. The van der Waals surface area contributed by atoms with Crippen molar-refractivity contribution in [3.8, 4) is 5.75 Å². The molecule has 1 heterocycles. The fourth-order valence-electron chi connectivity index (χ4n) is 2.50. The molecule has 2 N–H and O–H groups in total. The van der Waals surface area contributed by atoms with Crippen LogP contribution in [0.3, 0.4) is 0 Å². The van der Waals surface area contributed by atoms with Gasteiger partial charge in [0.25, 0.3) is 0 Å². The first-order valence-corrected chi connectivity index (χ1v) is 10.5. The normalized spacial score (nSPS) is 11.8. The lowest BCUT2D eigenvalue weighted by atomic mass is 10.3. The lowest BCUT2D eigenvalue weighted by molar-refractivity contribution is -0.115. The number of ether oxygens (including phenoxy) is 1. The summed E-state index contributed by atoms with van der Waals surface area (Å²) >= 11 is 2.87. The second kappa shape index (κ2) is 9.07. The van der Waals surface area contributed by atoms with Crippen LogP contribution in [-0.4, -0.2) is 28.7 Å². The summed E-state index contributed by atoms with van der Waals surface area (Å²) in [5, 5.41) is 5.89. The molecule has 0 bridgehead atoms. The number of anilines is 2. The van der Waals surface area contributed by atoms with E-state index in [1.807, 2.05) is 56.3 Å². The maximum Gasteiger partial charge on any atom is 0.239 e. The molecule has 6 nitrogen and oxygen atoms in total. The number of hydrogen-bond donors (Lipinski definition) is 2. The van der Waals surface area contributed by atoms with Gasteiger partial charge in [0.05, 0.1) is 22.1 Å². The van der Waals surface area contributed by atoms with Gasteiger partial charge in [0.15, 0.2) is 5.13 Å². The standard InChI is InChI=1S/C20H21N3O3S2/c1-4-26-15-7-10-17-18(11-15)28-20(22-17)23-19(25)12(2)27-16-8-5-14(6-9-16)21-13(3)24/h5-12H,4H2,1-3H3,(H,21,24)(H,22,23,25). The maximum absolute atomic E-state index is 12.5. The van der Waals surface area contributed by atoms with Gasteiger partial charge in [-0.1, -0.05) is 11.3 Å². The zero-order valence-electron chi connectivity index (χ0n) is 15.8. The van der Waals surface area contributed by atoms with Gasteiger partial charge >= 0.3 is 0 Å². The quantitative estimate of drug-likeness (QED) is 0.543. The van der Waals surface area contributed by atoms with Crippen LogP contribution in [0.25, 0.3) is 10.2 Å². The second-order valence-electron chi connectivity index (χ2n) is 6.04. The molecule has 0 fully saturated rings. The fraction of sp³-hybridized carbons (Fsp3) is 0.250. The Bertz CT molecular complexity index is 986. The predicted octanol–water partition coefficient (Wildman–Crippen LogP) is 4.77. The Kier molecular flexibility index (Phi) is 6.53. The lowest BCUT2D eigenvalue weighted by Crippen LogP contribution is -2.22. The Morgan fingerprint density at radius 3 is 2.61 bits per heavy atom. The molecule has 0 radical (unpaired) electrons. The topological polar surface area (TPSA) is 80.3 Å². The van der Waals surface area contributed by atoms with Crippen LogP contribution in [0.1, 0.15) is 20.8 Å². The van der Waals surface area contributed by atoms with Crippen molar-refractivity contribution in [1.82, 2.24) is 4.98 Å². The molecule has 0 aliphatic rings. The van der Waals surface area contributed by atoms with Crippen molar-refractivity contribution >= 4 is 55.9 Å². The number of aromatic nitrogens is 1. The van der Waals surface area contributed by atoms with Crippen molar-refractivity contribution in [1.29, 1.82) is 0 Å². The highest BCUT2D eigenvalue weighted by Crippen LogP contribution is 2.30. The summed E-state index contributed by atoms with van der Waals surface area (Å²) in [4.78, 5) is 29.0. The Morgan fingerprint density at radius 1 is 1.18 bits per heavy atom. The van der Waals surface area contributed by atoms with E-state index in [9.17, 15) is 9.59 Å². The molecular weight excluding hydrogens is 394 g/mol. The number of benzene rings is 2. The molecule has 28 heavy (non-hydrogen) atoms. The molecule has 1 unspecified atom stereocenters. The number of rotatable bonds is 7. The Hall–Kier alpha value is -2.58. The van der Waals surface area contributed by atoms with Gasteiger partial charge in [-0.2, -0.15) is 0 Å². The highest BCUT2D eigenvalue weighted by Gasteiger charge is 2.16. The van der Waals surface area contributed by atoms with Gasteiger partial charge < -0.3 is 15.4 Å². The minimum absolute atomic E-state index is 0.111. The highest BCUT2D eigenvalue weighted by molar-refractivity contribution is 8.00. The number of nitrogens with one attached hydrogen (secondary N) is 2. The fourth-order valence-corrected chi connectivity index (χ4v) is 4.26. The minimum Gasteiger partial charge on any atom is -0.494 e. The molecule has 0 aliphatic heterocycles. The van der Waals surface area contributed by atoms with Crippen LogP contribution in [0.4, 0.5) is 10.8 Å². The van der Waals surface area contributed by atoms with Crippen molar-refractivity contribution in [2.45, 2.75) is 30.9 Å². The molecular formula is C20H21N3O3S2. The maximum atomic E-state index is 12.5. The van der Waals surface area contributed by atoms with E-state index in [0.29, 0.717) is 11.7 Å². The number of fused-ring (bicyclic) bond motifs is 1. The molecule has 3 rings (SSSR count). The number of nitrogens with zero attached hydrogens (tertiary/aromatic N) is 1. The van der Waals surface area contributed by atoms with E-state index >= 15 is 0 Å². The molecule has 2 aromatic carbocycles. The molecule has 1 atom stereocenters. The third-order valence-electron chi connectivity index (χ3n) is 3.76. The average Bonchev–Trinajstić information content (AvgIpc) is 3.04. The minimum atomic E-state index is -0.294. The number of amides is 2. The number of hydrogen-bond acceptors (Lipinski definition) is 6. The number of carbonyl (C=O) groups is 2. The lowest BCUT2D eigenvalue weighted by Gasteiger charge is -2.11. The predicted molar refractivity (Wildman–Crippen MR) is 115 cm³/mol. The van der Waals surface area contributed by atoms with Crippen LogP contribution < -0.4 is 15.4 Å². The van der Waals surface area contributed by atoms with Gasteiger partial charge in [0.1, 0.15) is 5.75 Å². The number of thiazole rings is 1. The largest absolute Gasteiger partial charge is 0.494 e. The zero-order valence-corrected chi connectivity index (χ0v) is 17.4. The van der Waals surface area contributed by atoms with E-state index in [-0.39, 0.29) is 17.1 Å². The Labute approximate surface area is 171 Å². The first-order chi connectivity index (χ1) is 13.4. The monoisotopic (exact) mass is 415 g/mol. The van der Waals surface area contributed by atoms with Crippen LogP contribution >= 0.6 is 23.1 Å². The molecule has 8 heteroatoms. The van der Waals surface area contributed by atoms with E-state index in [4.69, 9.17) is 4.74 Å². The first kappa shape index (κ1) is 20.2. The van der Waals surface area contributed by atoms with Crippen molar-refractivity contribution in [3.63, 3.8) is 0 Å². The zero-order chi connectivity index (χ0) is 20.1. The van der Waals surface area contributed by atoms with Crippen LogP contribution in [0.5, 0.6) is 5.75 Å². The van der Waals surface area contributed by atoms with E-state index in [0.717, 1.165) is 26.5 Å². The summed E-state index contributed by atoms with van der Waals surface area (Å²) < 4.78 is 6.47. The molecule has 3 aromatic rings. The summed E-state index contributed by atoms with van der Waals surface area (Å²) in [5.41, 5.74) is 1.56. The van der Waals surface area contributed by atoms with Gasteiger partial charge in [-0.15, -0.1) is 11.8 Å². The Morgan fingerprint density at radius 2 is 1.93 bits per heavy atom. The van der Waals surface area contributed by atoms with Gasteiger partial charge in [0.2, 0.25) is 11.8 Å². The third-order valence-corrected chi connectivity index (χ3v) is 5.80. The van der Waals surface area contributed by atoms with Crippen LogP contribution in [0.2, 0.25) is 0 Å². The van der Waals surface area contributed by atoms with Crippen molar-refractivity contribution < 1.29 is 14.3 Å². The van der Waals surface area contributed by atoms with Crippen molar-refractivity contribution in [2.75, 3.05) is 17.2 Å². The third kappa shape index (κ3) is 5.24. The molecule has 0 saturated heterocycles. The first-order valence-electron chi connectivity index (χ1n) is 8.83. The molecule has 1 aromatic heterocycles. The van der Waals surface area contributed by atoms with Gasteiger partial charge in [-0.25, -0.2) is 4.98 Å². The van der Waals surface area contributed by atoms with E-state index in [1.54, 1.807) is 0 Å². The SMILES string of the molecule is CCOc1ccc2nc(NC(=O)C(C)Sc3ccc(NC(C)=O)cc3)sc2c1. The number of thioether (sulfide) groups is 1. The summed E-state index contributed by atoms with van der Waals surface area (Å²) in [7, 11) is 0. The highest BCUT2D eigenvalue weighted by atomic mass is 32.2. The van der Waals surface area contributed by atoms with E-state index in [2.05, 4.69) is 15.6 Å². The van der Waals surface area contributed by atoms with Crippen molar-refractivity contribution in [3.05, 3.63) is 42.5 Å². The second-order valence-corrected chi connectivity index (χ2v) is 8.48. The van der Waals surface area contributed by atoms with E-state index < -0.39 is 0 Å². The van der Waals surface area contributed by atoms with Crippen LogP contribution in [-0.2, 0) is 9.59 Å². The molecule has 146 valence electrons. The summed E-state index contributed by atoms with van der Waals surface area (Å²) in [6.45, 7) is 5.86. The summed E-state index contributed by atoms with van der Waals surface area (Å²) in [6.07, 6.45) is 0. The van der Waals surface area contributed by atoms with Gasteiger partial charge in [-0.05, 0) is 56.3 Å². The number of carbonyl (C=O) groups excluding carboxylic acids is 2. The summed E-state index contributed by atoms with van der Waals surface area (Å²) in [6, 6.07) is 13.1. The van der Waals surface area contributed by atoms with Gasteiger partial charge in [0, 0.05) is 17.5 Å². The Balaban J connectivity index is 1.62. The van der Waals surface area contributed by atoms with Crippen LogP contribution in [0.15, 0.2) is 47.4 Å². The summed E-state index contributed by atoms with van der Waals surface area (Å²) in [5.74, 6) is 0.570. The van der Waals surface area contributed by atoms with Crippen molar-refractivity contribution in [2.24, 2.45) is 0 Å². The van der Waals surface area contributed by atoms with Crippen LogP contribution in [0, 0.1) is 0 Å². The molecule has 0 saturated carbocycles. The average molecular weight is 416 g/mol. The molecule has 0 spiro atoms. The smallest absolute Gasteiger partial charge is 0.239 e. The van der Waals surface area contributed by atoms with Gasteiger partial charge in [-0.3, -0.25) is 9.59 Å².